The maximum Gasteiger partial charge on any atom is 0.257 e. The highest BCUT2D eigenvalue weighted by atomic mass is 16.5. The maximum absolute atomic E-state index is 11.9. The van der Waals surface area contributed by atoms with Crippen LogP contribution < -0.4 is 10.7 Å². The number of carbonyl (C=O) groups is 1. The molecule has 0 aliphatic heterocycles. The summed E-state index contributed by atoms with van der Waals surface area (Å²) in [5.41, 5.74) is 1.25. The number of rotatable bonds is 5. The second-order valence-corrected chi connectivity index (χ2v) is 4.29. The molecule has 0 saturated heterocycles. The van der Waals surface area contributed by atoms with Gasteiger partial charge in [-0.2, -0.15) is 0 Å². The Morgan fingerprint density at radius 1 is 1.50 bits per heavy atom. The third-order valence-corrected chi connectivity index (χ3v) is 2.86. The third-order valence-electron chi connectivity index (χ3n) is 2.86. The van der Waals surface area contributed by atoms with Crippen LogP contribution in [-0.2, 0) is 4.74 Å². The van der Waals surface area contributed by atoms with Gasteiger partial charge in [0.05, 0.1) is 6.10 Å². The van der Waals surface area contributed by atoms with E-state index in [1.165, 1.54) is 6.07 Å². The molecule has 0 aliphatic rings. The van der Waals surface area contributed by atoms with E-state index >= 15 is 0 Å². The first kappa shape index (κ1) is 14.4. The molecule has 0 spiro atoms. The van der Waals surface area contributed by atoms with E-state index in [9.17, 15) is 9.59 Å². The van der Waals surface area contributed by atoms with Crippen molar-refractivity contribution in [2.24, 2.45) is 0 Å². The first-order valence-corrected chi connectivity index (χ1v) is 6.01. The monoisotopic (exact) mass is 252 g/mol. The fourth-order valence-electron chi connectivity index (χ4n) is 1.82. The van der Waals surface area contributed by atoms with Gasteiger partial charge in [-0.15, -0.1) is 0 Å². The minimum absolute atomic E-state index is 0.0289. The van der Waals surface area contributed by atoms with Crippen LogP contribution in [0.5, 0.6) is 0 Å². The Hall–Kier alpha value is -1.62. The SMILES string of the molecule is CC[C@H](CNC(=O)c1c(C)[nH]c(C)cc1=O)OC. The van der Waals surface area contributed by atoms with Crippen LogP contribution in [0.3, 0.4) is 0 Å². The number of pyridine rings is 1. The molecule has 1 amide bonds. The lowest BCUT2D eigenvalue weighted by Crippen LogP contribution is -2.36. The molecule has 1 aromatic rings. The van der Waals surface area contributed by atoms with Gasteiger partial charge >= 0.3 is 0 Å². The van der Waals surface area contributed by atoms with Gasteiger partial charge in [0.15, 0.2) is 5.43 Å². The van der Waals surface area contributed by atoms with Crippen LogP contribution in [0, 0.1) is 13.8 Å². The zero-order valence-corrected chi connectivity index (χ0v) is 11.3. The molecule has 0 aliphatic carbocycles. The van der Waals surface area contributed by atoms with E-state index in [2.05, 4.69) is 10.3 Å². The zero-order chi connectivity index (χ0) is 13.7. The van der Waals surface area contributed by atoms with Crippen molar-refractivity contribution >= 4 is 5.91 Å². The number of aromatic nitrogens is 1. The molecule has 0 unspecified atom stereocenters. The van der Waals surface area contributed by atoms with Crippen molar-refractivity contribution in [1.29, 1.82) is 0 Å². The van der Waals surface area contributed by atoms with Gasteiger partial charge in [0, 0.05) is 31.1 Å². The molecule has 0 fully saturated rings. The highest BCUT2D eigenvalue weighted by molar-refractivity contribution is 5.95. The molecule has 1 heterocycles. The summed E-state index contributed by atoms with van der Waals surface area (Å²) in [6, 6.07) is 1.43. The standard InChI is InChI=1S/C13H20N2O3/c1-5-10(18-4)7-14-13(17)12-9(3)15-8(2)6-11(12)16/h6,10H,5,7H2,1-4H3,(H,14,17)(H,15,16)/t10-/m1/s1. The van der Waals surface area contributed by atoms with Crippen LogP contribution in [0.2, 0.25) is 0 Å². The molecule has 2 N–H and O–H groups in total. The molecule has 5 heteroatoms. The van der Waals surface area contributed by atoms with Crippen LogP contribution in [-0.4, -0.2) is 30.6 Å². The topological polar surface area (TPSA) is 71.2 Å². The molecular formula is C13H20N2O3. The molecular weight excluding hydrogens is 232 g/mol. The molecule has 5 nitrogen and oxygen atoms in total. The van der Waals surface area contributed by atoms with E-state index in [0.29, 0.717) is 12.2 Å². The Bertz CT molecular complexity index is 476. The number of ether oxygens (including phenoxy) is 1. The normalized spacial score (nSPS) is 12.2. The zero-order valence-electron chi connectivity index (χ0n) is 11.3. The summed E-state index contributed by atoms with van der Waals surface area (Å²) in [4.78, 5) is 26.7. The van der Waals surface area contributed by atoms with Crippen molar-refractivity contribution in [3.05, 3.63) is 33.2 Å². The summed E-state index contributed by atoms with van der Waals surface area (Å²) in [7, 11) is 1.60. The molecule has 1 atom stereocenters. The van der Waals surface area contributed by atoms with Crippen LogP contribution in [0.1, 0.15) is 35.1 Å². The van der Waals surface area contributed by atoms with Gasteiger partial charge in [0.2, 0.25) is 0 Å². The summed E-state index contributed by atoms with van der Waals surface area (Å²) in [6.45, 7) is 5.88. The summed E-state index contributed by atoms with van der Waals surface area (Å²) < 4.78 is 5.16. The molecule has 1 rings (SSSR count). The van der Waals surface area contributed by atoms with Crippen LogP contribution in [0.15, 0.2) is 10.9 Å². The Kier molecular flexibility index (Phi) is 5.09. The van der Waals surface area contributed by atoms with Gasteiger partial charge in [-0.25, -0.2) is 0 Å². The molecule has 100 valence electrons. The number of hydrogen-bond acceptors (Lipinski definition) is 3. The molecule has 0 aromatic carbocycles. The summed E-state index contributed by atoms with van der Waals surface area (Å²) in [6.07, 6.45) is 0.777. The predicted octanol–water partition coefficient (Wildman–Crippen LogP) is 1.15. The van der Waals surface area contributed by atoms with E-state index < -0.39 is 0 Å². The second-order valence-electron chi connectivity index (χ2n) is 4.29. The van der Waals surface area contributed by atoms with Crippen molar-refractivity contribution < 1.29 is 9.53 Å². The Morgan fingerprint density at radius 3 is 2.67 bits per heavy atom. The van der Waals surface area contributed by atoms with E-state index in [1.54, 1.807) is 21.0 Å². The molecule has 0 radical (unpaired) electrons. The quantitative estimate of drug-likeness (QED) is 0.825. The Balaban J connectivity index is 2.82. The fourth-order valence-corrected chi connectivity index (χ4v) is 1.82. The number of hydrogen-bond donors (Lipinski definition) is 2. The average Bonchev–Trinajstić information content (AvgIpc) is 2.28. The highest BCUT2D eigenvalue weighted by Gasteiger charge is 2.15. The van der Waals surface area contributed by atoms with Crippen molar-refractivity contribution in [3.63, 3.8) is 0 Å². The molecule has 0 bridgehead atoms. The molecule has 1 aromatic heterocycles. The van der Waals surface area contributed by atoms with Crippen LogP contribution >= 0.6 is 0 Å². The van der Waals surface area contributed by atoms with E-state index in [-0.39, 0.29) is 23.0 Å². The van der Waals surface area contributed by atoms with Gasteiger partial charge in [-0.3, -0.25) is 9.59 Å². The fraction of sp³-hybridized carbons (Fsp3) is 0.538. The van der Waals surface area contributed by atoms with Gasteiger partial charge in [0.1, 0.15) is 5.56 Å². The first-order valence-electron chi connectivity index (χ1n) is 6.01. The number of carbonyl (C=O) groups excluding carboxylic acids is 1. The van der Waals surface area contributed by atoms with Crippen molar-refractivity contribution in [3.8, 4) is 0 Å². The predicted molar refractivity (Wildman–Crippen MR) is 70.0 cm³/mol. The molecule has 18 heavy (non-hydrogen) atoms. The van der Waals surface area contributed by atoms with Crippen LogP contribution in [0.25, 0.3) is 0 Å². The summed E-state index contributed by atoms with van der Waals surface area (Å²) in [5.74, 6) is -0.357. The maximum atomic E-state index is 11.9. The van der Waals surface area contributed by atoms with Crippen molar-refractivity contribution in [1.82, 2.24) is 10.3 Å². The third kappa shape index (κ3) is 3.43. The number of amides is 1. The molecule has 0 saturated carbocycles. The largest absolute Gasteiger partial charge is 0.380 e. The second kappa shape index (κ2) is 6.35. The number of methoxy groups -OCH3 is 1. The minimum Gasteiger partial charge on any atom is -0.380 e. The van der Waals surface area contributed by atoms with E-state index in [4.69, 9.17) is 4.74 Å². The summed E-state index contributed by atoms with van der Waals surface area (Å²) >= 11 is 0. The Morgan fingerprint density at radius 2 is 2.17 bits per heavy atom. The van der Waals surface area contributed by atoms with Crippen molar-refractivity contribution in [2.45, 2.75) is 33.3 Å². The summed E-state index contributed by atoms with van der Waals surface area (Å²) in [5, 5.41) is 2.72. The number of aryl methyl sites for hydroxylation is 2. The number of nitrogens with one attached hydrogen (secondary N) is 2. The van der Waals surface area contributed by atoms with Gasteiger partial charge < -0.3 is 15.0 Å². The number of aromatic amines is 1. The lowest BCUT2D eigenvalue weighted by Gasteiger charge is -2.14. The van der Waals surface area contributed by atoms with Crippen molar-refractivity contribution in [2.75, 3.05) is 13.7 Å². The Labute approximate surface area is 107 Å². The van der Waals surface area contributed by atoms with E-state index in [1.807, 2.05) is 6.92 Å². The smallest absolute Gasteiger partial charge is 0.257 e. The van der Waals surface area contributed by atoms with E-state index in [0.717, 1.165) is 12.1 Å². The highest BCUT2D eigenvalue weighted by Crippen LogP contribution is 2.01. The van der Waals surface area contributed by atoms with Gasteiger partial charge in [-0.05, 0) is 20.3 Å². The van der Waals surface area contributed by atoms with Crippen LogP contribution in [0.4, 0.5) is 0 Å². The minimum atomic E-state index is -0.357. The lowest BCUT2D eigenvalue weighted by atomic mass is 10.1. The lowest BCUT2D eigenvalue weighted by molar-refractivity contribution is 0.0814. The van der Waals surface area contributed by atoms with Gasteiger partial charge in [-0.1, -0.05) is 6.92 Å². The average molecular weight is 252 g/mol. The number of H-pyrrole nitrogens is 1. The first-order chi connectivity index (χ1) is 8.49. The van der Waals surface area contributed by atoms with Gasteiger partial charge in [0.25, 0.3) is 5.91 Å².